The fraction of sp³-hybridized carbons (Fsp3) is 0.660. The minimum absolute atomic E-state index is 0.107. The highest BCUT2D eigenvalue weighted by Gasteiger charge is 2.51. The lowest BCUT2D eigenvalue weighted by Crippen LogP contribution is -2.61. The number of allylic oxidation sites excluding steroid dienone is 12. The second kappa shape index (κ2) is 27.4. The highest BCUT2D eigenvalue weighted by Crippen LogP contribution is 2.38. The van der Waals surface area contributed by atoms with Gasteiger partial charge in [-0.05, 0) is 33.1 Å². The molecule has 0 aromatic carbocycles. The molecule has 2 fully saturated rings. The van der Waals surface area contributed by atoms with Gasteiger partial charge in [-0.2, -0.15) is 0 Å². The molecule has 19 atom stereocenters. The molecule has 18 heteroatoms. The van der Waals surface area contributed by atoms with E-state index < -0.39 is 147 Å². The standard InChI is InChI=1S/C47H73NO17/c1-27-17-15-13-11-9-7-5-6-8-10-12-14-16-18-34(64-46-44(58)41(48)43(57)30(4)63-46)24-38-40(45(59)60)37(54)26-47(61,65-38)25-33(51)22-36(53)35(52)20-19-31(49)21-32(50)23-39(55)62-29(3)28(2)42(27)56/h5-18,27-38,40-44,46,49-54,56-58,61H,19-26,48H2,1-4H3,(H,59,60)/b6-5+,9-7+,10-8+,13-11+,14-12+,17-15+,18-16+/t27-,28+,29-,30-,31-,32-,33+,34-,35-,36-,37-,38-,40+,41+,42+,43-,44+,46?,47+/m0/s1. The van der Waals surface area contributed by atoms with Crippen molar-refractivity contribution < 1.29 is 84.7 Å². The number of cyclic esters (lactones) is 1. The van der Waals surface area contributed by atoms with Crippen LogP contribution in [0.2, 0.25) is 0 Å². The molecule has 0 radical (unpaired) electrons. The first-order valence-corrected chi connectivity index (χ1v) is 22.3. The summed E-state index contributed by atoms with van der Waals surface area (Å²) in [5, 5.41) is 118. The number of aliphatic carboxylic acids is 1. The molecule has 0 saturated carbocycles. The molecule has 3 aliphatic heterocycles. The number of rotatable bonds is 3. The molecular formula is C47H73NO17. The van der Waals surface area contributed by atoms with Crippen LogP contribution in [-0.4, -0.2) is 166 Å². The number of ether oxygens (including phenoxy) is 4. The van der Waals surface area contributed by atoms with Crippen molar-refractivity contribution in [2.45, 2.75) is 177 Å². The monoisotopic (exact) mass is 923 g/mol. The maximum absolute atomic E-state index is 12.6. The normalized spacial score (nSPS) is 45.5. The fourth-order valence-corrected chi connectivity index (χ4v) is 7.97. The Morgan fingerprint density at radius 3 is 1.82 bits per heavy atom. The van der Waals surface area contributed by atoms with Crippen molar-refractivity contribution in [2.24, 2.45) is 23.5 Å². The lowest BCUT2D eigenvalue weighted by Gasteiger charge is -2.45. The van der Waals surface area contributed by atoms with Crippen molar-refractivity contribution in [3.63, 3.8) is 0 Å². The number of nitrogens with two attached hydrogens (primary N) is 1. The van der Waals surface area contributed by atoms with E-state index in [2.05, 4.69) is 0 Å². The van der Waals surface area contributed by atoms with Crippen LogP contribution in [-0.2, 0) is 28.5 Å². The van der Waals surface area contributed by atoms with E-state index >= 15 is 0 Å². The van der Waals surface area contributed by atoms with Crippen LogP contribution in [0.25, 0.3) is 0 Å². The predicted molar refractivity (Wildman–Crippen MR) is 237 cm³/mol. The van der Waals surface area contributed by atoms with Gasteiger partial charge in [-0.1, -0.05) is 98.9 Å². The Morgan fingerprint density at radius 1 is 0.662 bits per heavy atom. The molecule has 65 heavy (non-hydrogen) atoms. The van der Waals surface area contributed by atoms with Gasteiger partial charge in [0, 0.05) is 37.5 Å². The third-order valence-corrected chi connectivity index (χ3v) is 12.0. The summed E-state index contributed by atoms with van der Waals surface area (Å²) in [5.41, 5.74) is 6.02. The van der Waals surface area contributed by atoms with Crippen LogP contribution in [0.15, 0.2) is 85.1 Å². The lowest BCUT2D eigenvalue weighted by atomic mass is 9.82. The number of carbonyl (C=O) groups excluding carboxylic acids is 1. The van der Waals surface area contributed by atoms with Gasteiger partial charge in [0.1, 0.15) is 18.1 Å². The maximum Gasteiger partial charge on any atom is 0.311 e. The molecule has 0 aromatic rings. The molecule has 0 aromatic heterocycles. The molecule has 368 valence electrons. The van der Waals surface area contributed by atoms with Crippen LogP contribution < -0.4 is 5.73 Å². The first kappa shape index (κ1) is 55.9. The van der Waals surface area contributed by atoms with Crippen LogP contribution in [0, 0.1) is 17.8 Å². The van der Waals surface area contributed by atoms with Crippen molar-refractivity contribution in [1.82, 2.24) is 0 Å². The molecule has 3 heterocycles. The van der Waals surface area contributed by atoms with Crippen LogP contribution in [0.3, 0.4) is 0 Å². The van der Waals surface area contributed by atoms with E-state index in [1.807, 2.05) is 19.1 Å². The Kier molecular flexibility index (Phi) is 23.6. The summed E-state index contributed by atoms with van der Waals surface area (Å²) < 4.78 is 23.1. The summed E-state index contributed by atoms with van der Waals surface area (Å²) in [4.78, 5) is 25.1. The summed E-state index contributed by atoms with van der Waals surface area (Å²) in [7, 11) is 0. The number of carboxylic acids is 1. The number of carbonyl (C=O) groups is 2. The molecule has 0 spiro atoms. The van der Waals surface area contributed by atoms with E-state index in [0.29, 0.717) is 0 Å². The van der Waals surface area contributed by atoms with Gasteiger partial charge in [0.05, 0.1) is 79.6 Å². The quantitative estimate of drug-likeness (QED) is 0.174. The number of esters is 1. The third kappa shape index (κ3) is 18.6. The number of aliphatic hydroxyl groups is 10. The van der Waals surface area contributed by atoms with E-state index in [1.54, 1.807) is 80.7 Å². The molecule has 0 aliphatic carbocycles. The van der Waals surface area contributed by atoms with E-state index in [-0.39, 0.29) is 31.6 Å². The second-order valence-electron chi connectivity index (χ2n) is 17.6. The zero-order valence-corrected chi connectivity index (χ0v) is 37.6. The number of hydrogen-bond donors (Lipinski definition) is 12. The summed E-state index contributed by atoms with van der Waals surface area (Å²) >= 11 is 0. The molecule has 2 bridgehead atoms. The Hall–Kier alpha value is -3.44. The largest absolute Gasteiger partial charge is 0.481 e. The summed E-state index contributed by atoms with van der Waals surface area (Å²) in [6, 6.07) is -1.15. The third-order valence-electron chi connectivity index (χ3n) is 12.0. The first-order chi connectivity index (χ1) is 30.6. The van der Waals surface area contributed by atoms with E-state index in [9.17, 15) is 65.8 Å². The highest BCUT2D eigenvalue weighted by atomic mass is 16.7. The molecular weight excluding hydrogens is 851 g/mol. The Balaban J connectivity index is 1.86. The molecule has 1 unspecified atom stereocenters. The minimum atomic E-state index is -2.33. The SMILES string of the molecule is C[C@H]1[C@H](O)[C@@H](C)/C=C/C=C/C=C/C=C/C=C/C=C/C=C/[C@H](OC2O[C@@H](C)[C@H](O)[C@@H](N)[C@H]2O)C[C@@H]2O[C@](O)(C[C@H](O)C[C@H](O)[C@@H](O)CC[C@H](O)C[C@H](O)CC(=O)O[C@H]1C)C[C@H](O)[C@H]2C(=O)O. The molecule has 3 aliphatic rings. The number of aliphatic hydroxyl groups excluding tert-OH is 9. The molecule has 3 rings (SSSR count). The summed E-state index contributed by atoms with van der Waals surface area (Å²) in [5.74, 6) is -6.83. The van der Waals surface area contributed by atoms with Crippen LogP contribution in [0.5, 0.6) is 0 Å². The van der Waals surface area contributed by atoms with Crippen molar-refractivity contribution in [3.05, 3.63) is 85.1 Å². The van der Waals surface area contributed by atoms with E-state index in [1.165, 1.54) is 13.0 Å². The lowest BCUT2D eigenvalue weighted by molar-refractivity contribution is -0.308. The molecule has 2 saturated heterocycles. The number of hydrogen-bond acceptors (Lipinski definition) is 17. The maximum atomic E-state index is 12.6. The number of fused-ring (bicyclic) bond motifs is 2. The van der Waals surface area contributed by atoms with Crippen LogP contribution >= 0.6 is 0 Å². The van der Waals surface area contributed by atoms with E-state index in [0.717, 1.165) is 0 Å². The van der Waals surface area contributed by atoms with Crippen LogP contribution in [0.4, 0.5) is 0 Å². The average molecular weight is 924 g/mol. The minimum Gasteiger partial charge on any atom is -0.481 e. The summed E-state index contributed by atoms with van der Waals surface area (Å²) in [6.45, 7) is 6.74. The smallest absolute Gasteiger partial charge is 0.311 e. The zero-order valence-electron chi connectivity index (χ0n) is 37.6. The zero-order chi connectivity index (χ0) is 48.4. The first-order valence-electron chi connectivity index (χ1n) is 22.3. The fourth-order valence-electron chi connectivity index (χ4n) is 7.97. The van der Waals surface area contributed by atoms with Gasteiger partial charge >= 0.3 is 11.9 Å². The highest BCUT2D eigenvalue weighted by molar-refractivity contribution is 5.71. The molecule has 18 nitrogen and oxygen atoms in total. The van der Waals surface area contributed by atoms with Gasteiger partial charge in [-0.15, -0.1) is 0 Å². The Morgan fingerprint density at radius 2 is 1.23 bits per heavy atom. The Bertz CT molecular complexity index is 1670. The number of carboxylic acid groups (broad SMARTS) is 1. The van der Waals surface area contributed by atoms with Gasteiger partial charge in [0.2, 0.25) is 0 Å². The Labute approximate surface area is 381 Å². The second-order valence-corrected chi connectivity index (χ2v) is 17.6. The summed E-state index contributed by atoms with van der Waals surface area (Å²) in [6.07, 6.45) is 3.46. The van der Waals surface area contributed by atoms with Crippen molar-refractivity contribution in [3.8, 4) is 0 Å². The average Bonchev–Trinajstić information content (AvgIpc) is 3.21. The molecule has 0 amide bonds. The van der Waals surface area contributed by atoms with Crippen molar-refractivity contribution in [1.29, 1.82) is 0 Å². The van der Waals surface area contributed by atoms with E-state index in [4.69, 9.17) is 24.7 Å². The molecule has 13 N–H and O–H groups in total. The van der Waals surface area contributed by atoms with Crippen LogP contribution in [0.1, 0.15) is 79.1 Å². The van der Waals surface area contributed by atoms with Gasteiger partial charge < -0.3 is 80.9 Å². The van der Waals surface area contributed by atoms with Gasteiger partial charge in [0.15, 0.2) is 12.1 Å². The van der Waals surface area contributed by atoms with Gasteiger partial charge in [-0.3, -0.25) is 9.59 Å². The predicted octanol–water partition coefficient (Wildman–Crippen LogP) is 0.712. The van der Waals surface area contributed by atoms with Crippen molar-refractivity contribution in [2.75, 3.05) is 0 Å². The van der Waals surface area contributed by atoms with Crippen molar-refractivity contribution >= 4 is 11.9 Å². The van der Waals surface area contributed by atoms with Gasteiger partial charge in [-0.25, -0.2) is 0 Å². The van der Waals surface area contributed by atoms with Gasteiger partial charge in [0.25, 0.3) is 0 Å². The topological polar surface area (TPSA) is 320 Å².